The lowest BCUT2D eigenvalue weighted by Crippen LogP contribution is -2.44. The van der Waals surface area contributed by atoms with Gasteiger partial charge in [-0.3, -0.25) is 4.79 Å². The summed E-state index contributed by atoms with van der Waals surface area (Å²) in [6, 6.07) is 5.77. The third kappa shape index (κ3) is 5.04. The van der Waals surface area contributed by atoms with Crippen molar-refractivity contribution in [3.8, 4) is 0 Å². The van der Waals surface area contributed by atoms with E-state index in [0.29, 0.717) is 12.8 Å². The highest BCUT2D eigenvalue weighted by Gasteiger charge is 2.38. The van der Waals surface area contributed by atoms with Crippen molar-refractivity contribution in [2.24, 2.45) is 0 Å². The van der Waals surface area contributed by atoms with Gasteiger partial charge in [-0.15, -0.1) is 0 Å². The van der Waals surface area contributed by atoms with Gasteiger partial charge >= 0.3 is 0 Å². The quantitative estimate of drug-likeness (QED) is 0.799. The Labute approximate surface area is 138 Å². The Morgan fingerprint density at radius 2 is 1.87 bits per heavy atom. The Balaban J connectivity index is 1.80. The molecule has 0 atom stereocenters. The maximum atomic E-state index is 12.0. The Bertz CT molecular complexity index is 658. The SMILES string of the molecule is Cc1cccc(C)c1NC(=O)CCCS(=O)(=O)CC1(O)CCC1. The molecule has 1 aromatic rings. The van der Waals surface area contributed by atoms with Crippen LogP contribution in [0.25, 0.3) is 0 Å². The molecule has 0 saturated heterocycles. The Morgan fingerprint density at radius 3 is 2.39 bits per heavy atom. The minimum Gasteiger partial charge on any atom is -0.389 e. The van der Waals surface area contributed by atoms with Crippen LogP contribution in [0, 0.1) is 13.8 Å². The van der Waals surface area contributed by atoms with E-state index in [-0.39, 0.29) is 30.3 Å². The van der Waals surface area contributed by atoms with Crippen LogP contribution in [-0.2, 0) is 14.6 Å². The third-order valence-corrected chi connectivity index (χ3v) is 6.27. The van der Waals surface area contributed by atoms with Crippen molar-refractivity contribution in [1.29, 1.82) is 0 Å². The van der Waals surface area contributed by atoms with Gasteiger partial charge in [0.25, 0.3) is 0 Å². The highest BCUT2D eigenvalue weighted by Crippen LogP contribution is 2.33. The lowest BCUT2D eigenvalue weighted by molar-refractivity contribution is -0.116. The molecular formula is C17H25NO4S. The van der Waals surface area contributed by atoms with Crippen molar-refractivity contribution in [1.82, 2.24) is 0 Å². The molecule has 2 N–H and O–H groups in total. The lowest BCUT2D eigenvalue weighted by Gasteiger charge is -2.36. The van der Waals surface area contributed by atoms with Gasteiger partial charge in [-0.05, 0) is 50.7 Å². The molecule has 1 aromatic carbocycles. The number of aryl methyl sites for hydroxylation is 2. The van der Waals surface area contributed by atoms with Crippen molar-refractivity contribution in [3.05, 3.63) is 29.3 Å². The number of hydrogen-bond donors (Lipinski definition) is 2. The van der Waals surface area contributed by atoms with Gasteiger partial charge in [0.15, 0.2) is 9.84 Å². The molecule has 23 heavy (non-hydrogen) atoms. The molecule has 1 aliphatic rings. The molecule has 0 unspecified atom stereocenters. The third-order valence-electron chi connectivity index (χ3n) is 4.38. The van der Waals surface area contributed by atoms with Gasteiger partial charge in [-0.2, -0.15) is 0 Å². The zero-order valence-electron chi connectivity index (χ0n) is 13.8. The molecule has 128 valence electrons. The van der Waals surface area contributed by atoms with Crippen molar-refractivity contribution in [2.45, 2.75) is 51.6 Å². The molecule has 1 fully saturated rings. The molecule has 0 heterocycles. The summed E-state index contributed by atoms with van der Waals surface area (Å²) in [5.74, 6) is -0.423. The van der Waals surface area contributed by atoms with Gasteiger partial charge in [0.2, 0.25) is 5.91 Å². The summed E-state index contributed by atoms with van der Waals surface area (Å²) in [4.78, 5) is 12.0. The maximum absolute atomic E-state index is 12.0. The normalized spacial score (nSPS) is 16.7. The zero-order chi connectivity index (χ0) is 17.1. The predicted molar refractivity (Wildman–Crippen MR) is 91.2 cm³/mol. The largest absolute Gasteiger partial charge is 0.389 e. The lowest BCUT2D eigenvalue weighted by atomic mass is 9.82. The van der Waals surface area contributed by atoms with Gasteiger partial charge in [-0.25, -0.2) is 8.42 Å². The van der Waals surface area contributed by atoms with E-state index in [9.17, 15) is 18.3 Å². The first kappa shape index (κ1) is 17.9. The molecule has 0 radical (unpaired) electrons. The molecule has 1 saturated carbocycles. The highest BCUT2D eigenvalue weighted by molar-refractivity contribution is 7.91. The standard InChI is InChI=1S/C17H25NO4S/c1-13-6-3-7-14(2)16(13)18-15(19)8-4-11-23(21,22)12-17(20)9-5-10-17/h3,6-7,20H,4-5,8-12H2,1-2H3,(H,18,19). The number of nitrogens with one attached hydrogen (secondary N) is 1. The van der Waals surface area contributed by atoms with Gasteiger partial charge < -0.3 is 10.4 Å². The molecular weight excluding hydrogens is 314 g/mol. The number of hydrogen-bond acceptors (Lipinski definition) is 4. The average Bonchev–Trinajstić information content (AvgIpc) is 2.40. The summed E-state index contributed by atoms with van der Waals surface area (Å²) in [5, 5.41) is 12.8. The predicted octanol–water partition coefficient (Wildman–Crippen LogP) is 2.35. The van der Waals surface area contributed by atoms with E-state index in [4.69, 9.17) is 0 Å². The second-order valence-electron chi connectivity index (χ2n) is 6.59. The number of sulfone groups is 1. The van der Waals surface area contributed by atoms with Crippen LogP contribution in [-0.4, -0.2) is 36.5 Å². The number of aliphatic hydroxyl groups is 1. The summed E-state index contributed by atoms with van der Waals surface area (Å²) in [7, 11) is -3.31. The Hall–Kier alpha value is -1.40. The first-order valence-corrected chi connectivity index (χ1v) is 9.82. The van der Waals surface area contributed by atoms with E-state index < -0.39 is 15.4 Å². The van der Waals surface area contributed by atoms with Crippen molar-refractivity contribution < 1.29 is 18.3 Å². The van der Waals surface area contributed by atoms with E-state index in [1.54, 1.807) is 0 Å². The van der Waals surface area contributed by atoms with Gasteiger partial charge in [0, 0.05) is 12.1 Å². The van der Waals surface area contributed by atoms with Crippen LogP contribution in [0.2, 0.25) is 0 Å². The van der Waals surface area contributed by atoms with Crippen LogP contribution >= 0.6 is 0 Å². The average molecular weight is 339 g/mol. The van der Waals surface area contributed by atoms with Crippen molar-refractivity contribution in [3.63, 3.8) is 0 Å². The minimum absolute atomic E-state index is 0.0600. The van der Waals surface area contributed by atoms with Crippen LogP contribution in [0.1, 0.15) is 43.2 Å². The smallest absolute Gasteiger partial charge is 0.224 e. The van der Waals surface area contributed by atoms with E-state index in [1.807, 2.05) is 32.0 Å². The van der Waals surface area contributed by atoms with Crippen LogP contribution in [0.3, 0.4) is 0 Å². The van der Waals surface area contributed by atoms with E-state index >= 15 is 0 Å². The molecule has 2 rings (SSSR count). The summed E-state index contributed by atoms with van der Waals surface area (Å²) < 4.78 is 24.0. The molecule has 0 spiro atoms. The van der Waals surface area contributed by atoms with Gasteiger partial charge in [0.1, 0.15) is 0 Å². The molecule has 0 aliphatic heterocycles. The Kier molecular flexibility index (Phi) is 5.47. The molecule has 1 aliphatic carbocycles. The maximum Gasteiger partial charge on any atom is 0.224 e. The molecule has 6 heteroatoms. The summed E-state index contributed by atoms with van der Waals surface area (Å²) in [6.45, 7) is 3.85. The Morgan fingerprint density at radius 1 is 1.26 bits per heavy atom. The first-order chi connectivity index (χ1) is 10.7. The number of rotatable bonds is 7. The van der Waals surface area contributed by atoms with E-state index in [0.717, 1.165) is 23.2 Å². The van der Waals surface area contributed by atoms with Crippen LogP contribution in [0.5, 0.6) is 0 Å². The second-order valence-corrected chi connectivity index (χ2v) is 8.77. The summed E-state index contributed by atoms with van der Waals surface area (Å²) in [5.41, 5.74) is 1.74. The zero-order valence-corrected chi connectivity index (χ0v) is 14.6. The minimum atomic E-state index is -3.31. The number of carbonyl (C=O) groups is 1. The number of para-hydroxylation sites is 1. The number of benzene rings is 1. The topological polar surface area (TPSA) is 83.5 Å². The number of amides is 1. The number of carbonyl (C=O) groups excluding carboxylic acids is 1. The van der Waals surface area contributed by atoms with Crippen molar-refractivity contribution >= 4 is 21.4 Å². The van der Waals surface area contributed by atoms with E-state index in [2.05, 4.69) is 5.32 Å². The fourth-order valence-corrected chi connectivity index (χ4v) is 4.71. The van der Waals surface area contributed by atoms with Gasteiger partial charge in [-0.1, -0.05) is 18.2 Å². The molecule has 5 nitrogen and oxygen atoms in total. The summed E-state index contributed by atoms with van der Waals surface area (Å²) >= 11 is 0. The number of anilines is 1. The highest BCUT2D eigenvalue weighted by atomic mass is 32.2. The van der Waals surface area contributed by atoms with Crippen LogP contribution in [0.4, 0.5) is 5.69 Å². The summed E-state index contributed by atoms with van der Waals surface area (Å²) in [6.07, 6.45) is 2.42. The van der Waals surface area contributed by atoms with Crippen LogP contribution < -0.4 is 5.32 Å². The second kappa shape index (κ2) is 7.01. The first-order valence-electron chi connectivity index (χ1n) is 8.00. The fourth-order valence-electron chi connectivity index (χ4n) is 2.88. The molecule has 1 amide bonds. The molecule has 0 bridgehead atoms. The molecule has 0 aromatic heterocycles. The van der Waals surface area contributed by atoms with Crippen molar-refractivity contribution in [2.75, 3.05) is 16.8 Å². The monoisotopic (exact) mass is 339 g/mol. The fraction of sp³-hybridized carbons (Fsp3) is 0.588. The van der Waals surface area contributed by atoms with E-state index in [1.165, 1.54) is 0 Å². The van der Waals surface area contributed by atoms with Crippen LogP contribution in [0.15, 0.2) is 18.2 Å². The van der Waals surface area contributed by atoms with Gasteiger partial charge in [0.05, 0.1) is 17.1 Å².